The monoisotopic (exact) mass is 306 g/mol. The average molecular weight is 306 g/mol. The van der Waals surface area contributed by atoms with Crippen molar-refractivity contribution in [3.05, 3.63) is 24.3 Å². The molecule has 2 rings (SSSR count). The van der Waals surface area contributed by atoms with Gasteiger partial charge in [-0.05, 0) is 38.1 Å². The molecule has 112 valence electrons. The number of hydrogen-bond donors (Lipinski definition) is 1. The summed E-state index contributed by atoms with van der Waals surface area (Å²) < 4.78 is 7.39. The minimum absolute atomic E-state index is 0.196. The third kappa shape index (κ3) is 3.75. The lowest BCUT2D eigenvalue weighted by atomic mass is 10.2. The van der Waals surface area contributed by atoms with Crippen LogP contribution in [0.1, 0.15) is 13.8 Å². The number of thioether (sulfide) groups is 1. The van der Waals surface area contributed by atoms with Gasteiger partial charge in [0.15, 0.2) is 11.0 Å². The van der Waals surface area contributed by atoms with Gasteiger partial charge in [-0.15, -0.1) is 10.2 Å². The van der Waals surface area contributed by atoms with Crippen molar-refractivity contribution in [2.24, 2.45) is 5.73 Å². The van der Waals surface area contributed by atoms with Crippen molar-refractivity contribution in [1.29, 1.82) is 0 Å². The van der Waals surface area contributed by atoms with Crippen LogP contribution in [0, 0.1) is 0 Å². The number of carbonyl (C=O) groups is 1. The first-order valence-corrected chi connectivity index (χ1v) is 7.71. The van der Waals surface area contributed by atoms with Crippen LogP contribution in [0.4, 0.5) is 0 Å². The van der Waals surface area contributed by atoms with E-state index in [0.717, 1.165) is 23.7 Å². The average Bonchev–Trinajstić information content (AvgIpc) is 2.89. The molecule has 2 N–H and O–H groups in total. The predicted octanol–water partition coefficient (Wildman–Crippen LogP) is 1.94. The molecule has 0 saturated heterocycles. The summed E-state index contributed by atoms with van der Waals surface area (Å²) in [5, 5.41) is 9.04. The van der Waals surface area contributed by atoms with Crippen molar-refractivity contribution in [2.75, 3.05) is 12.4 Å². The van der Waals surface area contributed by atoms with Crippen LogP contribution < -0.4 is 10.5 Å². The van der Waals surface area contributed by atoms with E-state index in [4.69, 9.17) is 10.5 Å². The summed E-state index contributed by atoms with van der Waals surface area (Å²) in [7, 11) is 0. The van der Waals surface area contributed by atoms with Crippen LogP contribution in [0.5, 0.6) is 5.75 Å². The minimum Gasteiger partial charge on any atom is -0.494 e. The van der Waals surface area contributed by atoms with Gasteiger partial charge in [0, 0.05) is 12.1 Å². The molecular weight excluding hydrogens is 288 g/mol. The fourth-order valence-electron chi connectivity index (χ4n) is 1.90. The molecule has 1 amide bonds. The lowest BCUT2D eigenvalue weighted by molar-refractivity contribution is -0.115. The Morgan fingerprint density at radius 3 is 2.57 bits per heavy atom. The Kier molecular flexibility index (Phi) is 5.21. The van der Waals surface area contributed by atoms with Crippen LogP contribution in [0.3, 0.4) is 0 Å². The fourth-order valence-corrected chi connectivity index (χ4v) is 2.64. The summed E-state index contributed by atoms with van der Waals surface area (Å²) in [6.45, 7) is 5.31. The summed E-state index contributed by atoms with van der Waals surface area (Å²) in [4.78, 5) is 10.9. The number of primary amides is 1. The van der Waals surface area contributed by atoms with Gasteiger partial charge in [-0.1, -0.05) is 11.8 Å². The standard InChI is InChI=1S/C14H18N4O2S/c1-3-18-13(16-17-14(18)21-9-12(15)19)10-5-7-11(8-6-10)20-4-2/h5-8H,3-4,9H2,1-2H3,(H2,15,19). The summed E-state index contributed by atoms with van der Waals surface area (Å²) in [5.74, 6) is 1.43. The SMILES string of the molecule is CCOc1ccc(-c2nnc(SCC(N)=O)n2CC)cc1. The molecule has 0 saturated carbocycles. The maximum atomic E-state index is 10.9. The highest BCUT2D eigenvalue weighted by molar-refractivity contribution is 7.99. The van der Waals surface area contributed by atoms with Gasteiger partial charge in [0.25, 0.3) is 0 Å². The van der Waals surface area contributed by atoms with Crippen LogP contribution in [0.15, 0.2) is 29.4 Å². The minimum atomic E-state index is -0.367. The molecule has 0 fully saturated rings. The number of ether oxygens (including phenoxy) is 1. The zero-order chi connectivity index (χ0) is 15.2. The fraction of sp³-hybridized carbons (Fsp3) is 0.357. The molecule has 0 aliphatic rings. The largest absolute Gasteiger partial charge is 0.494 e. The van der Waals surface area contributed by atoms with Crippen LogP contribution >= 0.6 is 11.8 Å². The van der Waals surface area contributed by atoms with Crippen LogP contribution in [-0.4, -0.2) is 33.0 Å². The molecule has 0 spiro atoms. The Balaban J connectivity index is 2.24. The summed E-state index contributed by atoms with van der Waals surface area (Å²) in [6.07, 6.45) is 0. The van der Waals surface area contributed by atoms with Gasteiger partial charge in [0.2, 0.25) is 5.91 Å². The number of rotatable bonds is 7. The molecule has 6 nitrogen and oxygen atoms in total. The molecule has 0 bridgehead atoms. The third-order valence-electron chi connectivity index (χ3n) is 2.80. The smallest absolute Gasteiger partial charge is 0.227 e. The Morgan fingerprint density at radius 1 is 1.29 bits per heavy atom. The molecular formula is C14H18N4O2S. The van der Waals surface area contributed by atoms with Crippen molar-refractivity contribution in [3.8, 4) is 17.1 Å². The Labute approximate surface area is 127 Å². The first kappa shape index (κ1) is 15.4. The molecule has 0 aliphatic heterocycles. The van der Waals surface area contributed by atoms with Gasteiger partial charge >= 0.3 is 0 Å². The Bertz CT molecular complexity index is 610. The van der Waals surface area contributed by atoms with Crippen LogP contribution in [-0.2, 0) is 11.3 Å². The maximum Gasteiger partial charge on any atom is 0.227 e. The van der Waals surface area contributed by atoms with Crippen molar-refractivity contribution in [3.63, 3.8) is 0 Å². The van der Waals surface area contributed by atoms with E-state index in [9.17, 15) is 4.79 Å². The molecule has 0 aliphatic carbocycles. The molecule has 0 atom stereocenters. The number of carbonyl (C=O) groups excluding carboxylic acids is 1. The van der Waals surface area contributed by atoms with Gasteiger partial charge in [-0.3, -0.25) is 4.79 Å². The van der Waals surface area contributed by atoms with E-state index in [1.165, 1.54) is 11.8 Å². The Hall–Kier alpha value is -2.02. The molecule has 2 aromatic rings. The molecule has 7 heteroatoms. The van der Waals surface area contributed by atoms with Gasteiger partial charge < -0.3 is 15.0 Å². The van der Waals surface area contributed by atoms with Gasteiger partial charge in [-0.25, -0.2) is 0 Å². The lowest BCUT2D eigenvalue weighted by Gasteiger charge is -2.08. The normalized spacial score (nSPS) is 10.6. The highest BCUT2D eigenvalue weighted by Crippen LogP contribution is 2.25. The van der Waals surface area contributed by atoms with E-state index in [0.29, 0.717) is 11.8 Å². The molecule has 1 heterocycles. The third-order valence-corrected chi connectivity index (χ3v) is 3.79. The molecule has 1 aromatic heterocycles. The summed E-state index contributed by atoms with van der Waals surface area (Å²) >= 11 is 1.30. The first-order chi connectivity index (χ1) is 10.2. The number of benzene rings is 1. The van der Waals surface area contributed by atoms with Gasteiger partial charge in [0.05, 0.1) is 12.4 Å². The van der Waals surface area contributed by atoms with E-state index >= 15 is 0 Å². The van der Waals surface area contributed by atoms with Crippen molar-refractivity contribution in [2.45, 2.75) is 25.5 Å². The predicted molar refractivity (Wildman–Crippen MR) is 82.2 cm³/mol. The zero-order valence-electron chi connectivity index (χ0n) is 12.1. The topological polar surface area (TPSA) is 83.0 Å². The van der Waals surface area contributed by atoms with E-state index in [1.54, 1.807) is 0 Å². The van der Waals surface area contributed by atoms with Gasteiger partial charge in [-0.2, -0.15) is 0 Å². The summed E-state index contributed by atoms with van der Waals surface area (Å²) in [6, 6.07) is 7.71. The van der Waals surface area contributed by atoms with Crippen molar-refractivity contribution in [1.82, 2.24) is 14.8 Å². The van der Waals surface area contributed by atoms with Crippen LogP contribution in [0.25, 0.3) is 11.4 Å². The number of nitrogens with two attached hydrogens (primary N) is 1. The number of hydrogen-bond acceptors (Lipinski definition) is 5. The molecule has 0 radical (unpaired) electrons. The zero-order valence-corrected chi connectivity index (χ0v) is 12.9. The van der Waals surface area contributed by atoms with E-state index < -0.39 is 0 Å². The maximum absolute atomic E-state index is 10.9. The number of nitrogens with zero attached hydrogens (tertiary/aromatic N) is 3. The number of amides is 1. The van der Waals surface area contributed by atoms with E-state index in [2.05, 4.69) is 10.2 Å². The van der Waals surface area contributed by atoms with Crippen molar-refractivity contribution < 1.29 is 9.53 Å². The lowest BCUT2D eigenvalue weighted by Crippen LogP contribution is -2.13. The van der Waals surface area contributed by atoms with Crippen molar-refractivity contribution >= 4 is 17.7 Å². The summed E-state index contributed by atoms with van der Waals surface area (Å²) in [5.41, 5.74) is 6.12. The van der Waals surface area contributed by atoms with E-state index in [-0.39, 0.29) is 11.7 Å². The number of aromatic nitrogens is 3. The second-order valence-corrected chi connectivity index (χ2v) is 5.21. The first-order valence-electron chi connectivity index (χ1n) is 6.73. The van der Waals surface area contributed by atoms with E-state index in [1.807, 2.05) is 42.7 Å². The molecule has 0 unspecified atom stereocenters. The second-order valence-electron chi connectivity index (χ2n) is 4.26. The van der Waals surface area contributed by atoms with Gasteiger partial charge in [0.1, 0.15) is 5.75 Å². The quantitative estimate of drug-likeness (QED) is 0.790. The molecule has 1 aromatic carbocycles. The van der Waals surface area contributed by atoms with Crippen LogP contribution in [0.2, 0.25) is 0 Å². The molecule has 21 heavy (non-hydrogen) atoms. The second kappa shape index (κ2) is 7.12. The highest BCUT2D eigenvalue weighted by atomic mass is 32.2. The highest BCUT2D eigenvalue weighted by Gasteiger charge is 2.13. The Morgan fingerprint density at radius 2 is 2.00 bits per heavy atom.